The lowest BCUT2D eigenvalue weighted by Gasteiger charge is -2.11. The highest BCUT2D eigenvalue weighted by Gasteiger charge is 2.31. The van der Waals surface area contributed by atoms with Crippen molar-refractivity contribution in [1.29, 1.82) is 0 Å². The number of benzene rings is 1. The highest BCUT2D eigenvalue weighted by molar-refractivity contribution is 5.53. The van der Waals surface area contributed by atoms with E-state index in [1.54, 1.807) is 0 Å². The van der Waals surface area contributed by atoms with Crippen LogP contribution in [0.1, 0.15) is 11.1 Å². The van der Waals surface area contributed by atoms with Gasteiger partial charge in [-0.2, -0.15) is 13.2 Å². The molecule has 15 heavy (non-hydrogen) atoms. The molecule has 0 aromatic heterocycles. The summed E-state index contributed by atoms with van der Waals surface area (Å²) < 4.78 is 37.3. The van der Waals surface area contributed by atoms with Crippen LogP contribution >= 0.6 is 0 Å². The Balaban J connectivity index is 2.36. The van der Waals surface area contributed by atoms with E-state index in [0.29, 0.717) is 12.1 Å². The number of hydrogen-bond acceptors (Lipinski definition) is 2. The second kappa shape index (κ2) is 3.73. The number of hydrogen-bond donors (Lipinski definition) is 2. The lowest BCUT2D eigenvalue weighted by atomic mass is 10.1. The Morgan fingerprint density at radius 1 is 1.13 bits per heavy atom. The topological polar surface area (TPSA) is 24.1 Å². The van der Waals surface area contributed by atoms with E-state index in [0.717, 1.165) is 24.8 Å². The Kier molecular flexibility index (Phi) is 2.56. The summed E-state index contributed by atoms with van der Waals surface area (Å²) >= 11 is 0. The maximum Gasteiger partial charge on any atom is 0.416 e. The van der Waals surface area contributed by atoms with Gasteiger partial charge in [-0.15, -0.1) is 0 Å². The Morgan fingerprint density at radius 3 is 2.67 bits per heavy atom. The van der Waals surface area contributed by atoms with E-state index in [9.17, 15) is 13.2 Å². The fourth-order valence-corrected chi connectivity index (χ4v) is 1.60. The van der Waals surface area contributed by atoms with Crippen molar-refractivity contribution in [2.45, 2.75) is 12.7 Å². The van der Waals surface area contributed by atoms with E-state index in [1.807, 2.05) is 0 Å². The summed E-state index contributed by atoms with van der Waals surface area (Å²) in [5, 5.41) is 6.13. The first kappa shape index (κ1) is 10.3. The van der Waals surface area contributed by atoms with Gasteiger partial charge in [-0.1, -0.05) is 0 Å². The molecule has 2 rings (SSSR count). The first-order valence-corrected chi connectivity index (χ1v) is 4.72. The minimum Gasteiger partial charge on any atom is -0.384 e. The van der Waals surface area contributed by atoms with Crippen LogP contribution < -0.4 is 10.6 Å². The van der Waals surface area contributed by atoms with Crippen molar-refractivity contribution in [3.8, 4) is 0 Å². The molecule has 0 bridgehead atoms. The van der Waals surface area contributed by atoms with Gasteiger partial charge >= 0.3 is 6.18 Å². The fourth-order valence-electron chi connectivity index (χ4n) is 1.60. The number of nitrogens with one attached hydrogen (secondary N) is 2. The van der Waals surface area contributed by atoms with Crippen molar-refractivity contribution in [2.75, 3.05) is 18.4 Å². The zero-order valence-electron chi connectivity index (χ0n) is 7.99. The average molecular weight is 216 g/mol. The van der Waals surface area contributed by atoms with Crippen LogP contribution in [0.2, 0.25) is 0 Å². The Hall–Kier alpha value is -1.23. The van der Waals surface area contributed by atoms with E-state index >= 15 is 0 Å². The molecule has 2 N–H and O–H groups in total. The molecule has 2 nitrogen and oxygen atoms in total. The molecule has 0 amide bonds. The zero-order chi connectivity index (χ0) is 10.9. The molecule has 0 aliphatic carbocycles. The third-order valence-corrected chi connectivity index (χ3v) is 2.37. The van der Waals surface area contributed by atoms with Crippen LogP contribution in [-0.2, 0) is 12.7 Å². The SMILES string of the molecule is FC(F)(F)c1ccc2c(c1)CNCCN2. The average Bonchev–Trinajstić information content (AvgIpc) is 2.39. The van der Waals surface area contributed by atoms with Crippen molar-refractivity contribution in [2.24, 2.45) is 0 Å². The van der Waals surface area contributed by atoms with E-state index in [-0.39, 0.29) is 0 Å². The molecule has 0 spiro atoms. The largest absolute Gasteiger partial charge is 0.416 e. The van der Waals surface area contributed by atoms with Crippen LogP contribution in [0.15, 0.2) is 18.2 Å². The molecule has 0 unspecified atom stereocenters. The molecule has 82 valence electrons. The molecule has 1 heterocycles. The summed E-state index contributed by atoms with van der Waals surface area (Å²) in [5.74, 6) is 0. The summed E-state index contributed by atoms with van der Waals surface area (Å²) in [6.07, 6.45) is -4.26. The Bertz CT molecular complexity index is 360. The van der Waals surface area contributed by atoms with Crippen molar-refractivity contribution in [1.82, 2.24) is 5.32 Å². The van der Waals surface area contributed by atoms with Gasteiger partial charge in [0, 0.05) is 25.3 Å². The lowest BCUT2D eigenvalue weighted by Crippen LogP contribution is -2.17. The van der Waals surface area contributed by atoms with Crippen LogP contribution in [0, 0.1) is 0 Å². The molecule has 1 aromatic rings. The molecular formula is C10H11F3N2. The molecule has 1 aromatic carbocycles. The Labute approximate surface area is 85.5 Å². The monoisotopic (exact) mass is 216 g/mol. The molecule has 0 atom stereocenters. The second-order valence-electron chi connectivity index (χ2n) is 3.47. The lowest BCUT2D eigenvalue weighted by molar-refractivity contribution is -0.137. The van der Waals surface area contributed by atoms with Crippen LogP contribution in [-0.4, -0.2) is 13.1 Å². The van der Waals surface area contributed by atoms with Crippen LogP contribution in [0.3, 0.4) is 0 Å². The third kappa shape index (κ3) is 2.23. The van der Waals surface area contributed by atoms with Gasteiger partial charge in [0.25, 0.3) is 0 Å². The number of alkyl halides is 3. The van der Waals surface area contributed by atoms with Gasteiger partial charge in [0.05, 0.1) is 5.56 Å². The minimum absolute atomic E-state index is 0.478. The van der Waals surface area contributed by atoms with E-state index in [1.165, 1.54) is 12.1 Å². The van der Waals surface area contributed by atoms with Crippen LogP contribution in [0.25, 0.3) is 0 Å². The number of anilines is 1. The maximum absolute atomic E-state index is 12.4. The predicted molar refractivity (Wildman–Crippen MR) is 51.6 cm³/mol. The quantitative estimate of drug-likeness (QED) is 0.694. The molecule has 0 saturated carbocycles. The normalized spacial score (nSPS) is 16.5. The number of halogens is 3. The first-order valence-electron chi connectivity index (χ1n) is 4.72. The maximum atomic E-state index is 12.4. The zero-order valence-corrected chi connectivity index (χ0v) is 7.99. The highest BCUT2D eigenvalue weighted by atomic mass is 19.4. The molecule has 5 heteroatoms. The molecule has 1 aliphatic rings. The van der Waals surface area contributed by atoms with Gasteiger partial charge < -0.3 is 10.6 Å². The molecule has 1 aliphatic heterocycles. The fraction of sp³-hybridized carbons (Fsp3) is 0.400. The third-order valence-electron chi connectivity index (χ3n) is 2.37. The summed E-state index contributed by atoms with van der Waals surface area (Å²) in [4.78, 5) is 0. The highest BCUT2D eigenvalue weighted by Crippen LogP contribution is 2.32. The van der Waals surface area contributed by atoms with Crippen LogP contribution in [0.5, 0.6) is 0 Å². The first-order chi connectivity index (χ1) is 7.07. The van der Waals surface area contributed by atoms with Crippen LogP contribution in [0.4, 0.5) is 18.9 Å². The van der Waals surface area contributed by atoms with Gasteiger partial charge in [0.15, 0.2) is 0 Å². The molecule has 0 saturated heterocycles. The predicted octanol–water partition coefficient (Wildman–Crippen LogP) is 2.22. The molecular weight excluding hydrogens is 205 g/mol. The van der Waals surface area contributed by atoms with Gasteiger partial charge in [-0.25, -0.2) is 0 Å². The van der Waals surface area contributed by atoms with Gasteiger partial charge in [0.2, 0.25) is 0 Å². The van der Waals surface area contributed by atoms with Gasteiger partial charge in [-0.3, -0.25) is 0 Å². The van der Waals surface area contributed by atoms with Crippen molar-refractivity contribution >= 4 is 5.69 Å². The van der Waals surface area contributed by atoms with E-state index in [4.69, 9.17) is 0 Å². The summed E-state index contributed by atoms with van der Waals surface area (Å²) in [6, 6.07) is 3.79. The summed E-state index contributed by atoms with van der Waals surface area (Å²) in [5.41, 5.74) is 0.863. The van der Waals surface area contributed by atoms with Gasteiger partial charge in [-0.05, 0) is 23.8 Å². The van der Waals surface area contributed by atoms with Crippen molar-refractivity contribution in [3.63, 3.8) is 0 Å². The molecule has 0 radical (unpaired) electrons. The van der Waals surface area contributed by atoms with E-state index < -0.39 is 11.7 Å². The summed E-state index contributed by atoms with van der Waals surface area (Å²) in [7, 11) is 0. The standard InChI is InChI=1S/C10H11F3N2/c11-10(12,13)8-1-2-9-7(5-8)6-14-3-4-15-9/h1-2,5,14-15H,3-4,6H2. The number of fused-ring (bicyclic) bond motifs is 1. The van der Waals surface area contributed by atoms with E-state index in [2.05, 4.69) is 10.6 Å². The summed E-state index contributed by atoms with van der Waals surface area (Å²) in [6.45, 7) is 1.97. The molecule has 0 fully saturated rings. The number of rotatable bonds is 0. The van der Waals surface area contributed by atoms with Crippen molar-refractivity contribution < 1.29 is 13.2 Å². The van der Waals surface area contributed by atoms with Crippen molar-refractivity contribution in [3.05, 3.63) is 29.3 Å². The minimum atomic E-state index is -4.26. The Morgan fingerprint density at radius 2 is 1.93 bits per heavy atom. The smallest absolute Gasteiger partial charge is 0.384 e. The second-order valence-corrected chi connectivity index (χ2v) is 3.47. The van der Waals surface area contributed by atoms with Gasteiger partial charge in [0.1, 0.15) is 0 Å².